The Kier molecular flexibility index (Phi) is 6.59. The van der Waals surface area contributed by atoms with Crippen molar-refractivity contribution in [1.82, 2.24) is 9.88 Å². The van der Waals surface area contributed by atoms with Crippen molar-refractivity contribution >= 4 is 46.5 Å². The van der Waals surface area contributed by atoms with Crippen molar-refractivity contribution in [2.75, 3.05) is 6.54 Å². The van der Waals surface area contributed by atoms with Crippen molar-refractivity contribution in [2.24, 2.45) is 0 Å². The Bertz CT molecular complexity index is 840. The predicted molar refractivity (Wildman–Crippen MR) is 107 cm³/mol. The zero-order valence-electron chi connectivity index (χ0n) is 13.8. The second-order valence-corrected chi connectivity index (χ2v) is 6.53. The first-order valence-corrected chi connectivity index (χ1v) is 8.58. The van der Waals surface area contributed by atoms with Gasteiger partial charge in [-0.05, 0) is 42.8 Å². The van der Waals surface area contributed by atoms with E-state index in [-0.39, 0.29) is 12.4 Å². The fourth-order valence-corrected chi connectivity index (χ4v) is 3.47. The summed E-state index contributed by atoms with van der Waals surface area (Å²) in [6.07, 6.45) is 0. The molecule has 2 nitrogen and oxygen atoms in total. The van der Waals surface area contributed by atoms with E-state index in [0.717, 1.165) is 25.2 Å². The summed E-state index contributed by atoms with van der Waals surface area (Å²) in [5.41, 5.74) is 4.95. The van der Waals surface area contributed by atoms with E-state index in [0.29, 0.717) is 10.0 Å². The molecule has 0 aliphatic carbocycles. The summed E-state index contributed by atoms with van der Waals surface area (Å²) in [4.78, 5) is 0. The summed E-state index contributed by atoms with van der Waals surface area (Å²) < 4.78 is 2.33. The van der Waals surface area contributed by atoms with Gasteiger partial charge < -0.3 is 9.88 Å². The van der Waals surface area contributed by atoms with E-state index in [1.165, 1.54) is 22.2 Å². The SMILES string of the molecule is CCNCc1c(C)n(Cc2ccc(Cl)cc2Cl)c2ccccc12.Cl. The molecular formula is C19H21Cl3N2. The van der Waals surface area contributed by atoms with Crippen molar-refractivity contribution in [3.05, 3.63) is 69.3 Å². The molecule has 1 N–H and O–H groups in total. The molecule has 0 aliphatic heterocycles. The van der Waals surface area contributed by atoms with Crippen molar-refractivity contribution in [2.45, 2.75) is 26.9 Å². The third-order valence-corrected chi connectivity index (χ3v) is 4.84. The molecule has 0 saturated heterocycles. The number of para-hydroxylation sites is 1. The van der Waals surface area contributed by atoms with Crippen molar-refractivity contribution < 1.29 is 0 Å². The Morgan fingerprint density at radius 2 is 1.83 bits per heavy atom. The van der Waals surface area contributed by atoms with Crippen LogP contribution in [0.2, 0.25) is 10.0 Å². The van der Waals surface area contributed by atoms with Crippen LogP contribution in [-0.4, -0.2) is 11.1 Å². The van der Waals surface area contributed by atoms with Crippen LogP contribution in [-0.2, 0) is 13.1 Å². The normalized spacial score (nSPS) is 10.8. The quantitative estimate of drug-likeness (QED) is 0.586. The maximum Gasteiger partial charge on any atom is 0.0493 e. The third-order valence-electron chi connectivity index (χ3n) is 4.26. The molecule has 24 heavy (non-hydrogen) atoms. The third kappa shape index (κ3) is 3.73. The molecule has 0 radical (unpaired) electrons. The molecular weight excluding hydrogens is 363 g/mol. The van der Waals surface area contributed by atoms with Gasteiger partial charge in [0.25, 0.3) is 0 Å². The fraction of sp³-hybridized carbons (Fsp3) is 0.263. The predicted octanol–water partition coefficient (Wildman–Crippen LogP) is 5.84. The minimum absolute atomic E-state index is 0. The largest absolute Gasteiger partial charge is 0.340 e. The van der Waals surface area contributed by atoms with Crippen LogP contribution in [0.5, 0.6) is 0 Å². The van der Waals surface area contributed by atoms with Gasteiger partial charge >= 0.3 is 0 Å². The van der Waals surface area contributed by atoms with Gasteiger partial charge in [0.1, 0.15) is 0 Å². The molecule has 0 unspecified atom stereocenters. The van der Waals surface area contributed by atoms with Gasteiger partial charge in [0, 0.05) is 39.7 Å². The summed E-state index contributed by atoms with van der Waals surface area (Å²) in [5, 5.41) is 6.12. The number of benzene rings is 2. The zero-order valence-corrected chi connectivity index (χ0v) is 16.1. The Balaban J connectivity index is 0.00000208. The smallest absolute Gasteiger partial charge is 0.0493 e. The van der Waals surface area contributed by atoms with Crippen molar-refractivity contribution in [3.63, 3.8) is 0 Å². The van der Waals surface area contributed by atoms with E-state index in [9.17, 15) is 0 Å². The molecule has 5 heteroatoms. The standard InChI is InChI=1S/C19H20Cl2N2.ClH/c1-3-22-11-17-13(2)23(19-7-5-4-6-16(17)19)12-14-8-9-15(20)10-18(14)21;/h4-10,22H,3,11-12H2,1-2H3;1H. The van der Waals surface area contributed by atoms with Gasteiger partial charge in [-0.3, -0.25) is 0 Å². The van der Waals surface area contributed by atoms with Crippen LogP contribution in [0.15, 0.2) is 42.5 Å². The number of halogens is 3. The molecule has 1 aromatic heterocycles. The molecule has 0 fully saturated rings. The van der Waals surface area contributed by atoms with E-state index in [1.807, 2.05) is 12.1 Å². The van der Waals surface area contributed by atoms with Crippen LogP contribution in [0.1, 0.15) is 23.7 Å². The van der Waals surface area contributed by atoms with Gasteiger partial charge in [0.05, 0.1) is 0 Å². The summed E-state index contributed by atoms with van der Waals surface area (Å²) in [5.74, 6) is 0. The number of hydrogen-bond donors (Lipinski definition) is 1. The topological polar surface area (TPSA) is 17.0 Å². The van der Waals surface area contributed by atoms with E-state index in [1.54, 1.807) is 6.07 Å². The lowest BCUT2D eigenvalue weighted by atomic mass is 10.1. The van der Waals surface area contributed by atoms with Crippen molar-refractivity contribution in [3.8, 4) is 0 Å². The monoisotopic (exact) mass is 382 g/mol. The Hall–Kier alpha value is -1.19. The average Bonchev–Trinajstić information content (AvgIpc) is 2.80. The summed E-state index contributed by atoms with van der Waals surface area (Å²) in [7, 11) is 0. The van der Waals surface area contributed by atoms with E-state index < -0.39 is 0 Å². The average molecular weight is 384 g/mol. The Morgan fingerprint density at radius 1 is 1.08 bits per heavy atom. The van der Waals surface area contributed by atoms with Crippen LogP contribution < -0.4 is 5.32 Å². The second-order valence-electron chi connectivity index (χ2n) is 5.68. The first kappa shape index (κ1) is 19.1. The number of nitrogens with zero attached hydrogens (tertiary/aromatic N) is 1. The Morgan fingerprint density at radius 3 is 2.54 bits per heavy atom. The molecule has 0 bridgehead atoms. The molecule has 0 atom stereocenters. The van der Waals surface area contributed by atoms with Crippen LogP contribution in [0, 0.1) is 6.92 Å². The second kappa shape index (κ2) is 8.26. The number of fused-ring (bicyclic) bond motifs is 1. The minimum Gasteiger partial charge on any atom is -0.340 e. The minimum atomic E-state index is 0. The molecule has 128 valence electrons. The highest BCUT2D eigenvalue weighted by atomic mass is 35.5. The first-order valence-electron chi connectivity index (χ1n) is 7.83. The van der Waals surface area contributed by atoms with Gasteiger partial charge in [-0.25, -0.2) is 0 Å². The molecule has 2 aromatic carbocycles. The van der Waals surface area contributed by atoms with Crippen molar-refractivity contribution in [1.29, 1.82) is 0 Å². The summed E-state index contributed by atoms with van der Waals surface area (Å²) >= 11 is 12.4. The molecule has 3 rings (SSSR count). The van der Waals surface area contributed by atoms with E-state index >= 15 is 0 Å². The van der Waals surface area contributed by atoms with Crippen LogP contribution in [0.3, 0.4) is 0 Å². The molecule has 0 saturated carbocycles. The number of aromatic nitrogens is 1. The van der Waals surface area contributed by atoms with Gasteiger partial charge in [-0.15, -0.1) is 12.4 Å². The highest BCUT2D eigenvalue weighted by Gasteiger charge is 2.14. The van der Waals surface area contributed by atoms with Crippen LogP contribution in [0.4, 0.5) is 0 Å². The Labute approximate surface area is 159 Å². The molecule has 0 spiro atoms. The maximum atomic E-state index is 6.36. The maximum absolute atomic E-state index is 6.36. The van der Waals surface area contributed by atoms with Crippen LogP contribution in [0.25, 0.3) is 10.9 Å². The molecule has 0 amide bonds. The van der Waals surface area contributed by atoms with E-state index in [2.05, 4.69) is 48.0 Å². The van der Waals surface area contributed by atoms with Crippen LogP contribution >= 0.6 is 35.6 Å². The number of nitrogens with one attached hydrogen (secondary N) is 1. The summed E-state index contributed by atoms with van der Waals surface area (Å²) in [6, 6.07) is 14.2. The van der Waals surface area contributed by atoms with E-state index in [4.69, 9.17) is 23.2 Å². The molecule has 3 aromatic rings. The summed E-state index contributed by atoms with van der Waals surface area (Å²) in [6.45, 7) is 6.89. The first-order chi connectivity index (χ1) is 11.1. The molecule has 1 heterocycles. The number of hydrogen-bond acceptors (Lipinski definition) is 1. The number of rotatable bonds is 5. The van der Waals surface area contributed by atoms with Gasteiger partial charge in [-0.1, -0.05) is 54.4 Å². The van der Waals surface area contributed by atoms with Gasteiger partial charge in [0.15, 0.2) is 0 Å². The fourth-order valence-electron chi connectivity index (χ4n) is 3.00. The van der Waals surface area contributed by atoms with Gasteiger partial charge in [0.2, 0.25) is 0 Å². The molecule has 0 aliphatic rings. The van der Waals surface area contributed by atoms with Gasteiger partial charge in [-0.2, -0.15) is 0 Å². The lowest BCUT2D eigenvalue weighted by Crippen LogP contribution is -2.13. The lowest BCUT2D eigenvalue weighted by molar-refractivity contribution is 0.715. The highest BCUT2D eigenvalue weighted by Crippen LogP contribution is 2.29. The highest BCUT2D eigenvalue weighted by molar-refractivity contribution is 6.35. The zero-order chi connectivity index (χ0) is 16.4. The lowest BCUT2D eigenvalue weighted by Gasteiger charge is -2.11.